The number of hydrogen-bond acceptors (Lipinski definition) is 6. The second-order valence-electron chi connectivity index (χ2n) is 5.53. The van der Waals surface area contributed by atoms with Crippen LogP contribution in [0.15, 0.2) is 63.6 Å². The van der Waals surface area contributed by atoms with Crippen LogP contribution >= 0.6 is 11.3 Å². The van der Waals surface area contributed by atoms with Gasteiger partial charge in [-0.15, -0.1) is 11.3 Å². The number of aromatic nitrogens is 2. The third-order valence-electron chi connectivity index (χ3n) is 3.69. The quantitative estimate of drug-likeness (QED) is 0.621. The fourth-order valence-corrected chi connectivity index (χ4v) is 4.33. The Bertz CT molecular complexity index is 1060. The summed E-state index contributed by atoms with van der Waals surface area (Å²) in [5, 5.41) is 6.24. The first kappa shape index (κ1) is 19.3. The zero-order valence-corrected chi connectivity index (χ0v) is 16.3. The van der Waals surface area contributed by atoms with E-state index in [0.29, 0.717) is 18.1 Å². The van der Waals surface area contributed by atoms with Crippen LogP contribution in [0.1, 0.15) is 6.92 Å². The van der Waals surface area contributed by atoms with Crippen molar-refractivity contribution in [1.29, 1.82) is 0 Å². The predicted molar refractivity (Wildman–Crippen MR) is 105 cm³/mol. The predicted octanol–water partition coefficient (Wildman–Crippen LogP) is 2.35. The number of rotatable bonds is 8. The smallest absolute Gasteiger partial charge is 0.266 e. The van der Waals surface area contributed by atoms with E-state index in [0.717, 1.165) is 4.88 Å². The van der Waals surface area contributed by atoms with Crippen LogP contribution in [0.4, 0.5) is 0 Å². The Balaban J connectivity index is 1.73. The van der Waals surface area contributed by atoms with Gasteiger partial charge in [0.05, 0.1) is 18.0 Å². The normalized spacial score (nSPS) is 11.4. The number of ether oxygens (including phenoxy) is 1. The molecule has 1 N–H and O–H groups in total. The van der Waals surface area contributed by atoms with Gasteiger partial charge in [0, 0.05) is 12.6 Å². The van der Waals surface area contributed by atoms with Crippen molar-refractivity contribution in [3.05, 3.63) is 64.3 Å². The van der Waals surface area contributed by atoms with E-state index in [1.807, 2.05) is 17.5 Å². The van der Waals surface area contributed by atoms with E-state index in [-0.39, 0.29) is 23.5 Å². The maximum absolute atomic E-state index is 12.6. The van der Waals surface area contributed by atoms with E-state index < -0.39 is 10.0 Å². The molecule has 3 aromatic rings. The molecule has 0 atom stereocenters. The van der Waals surface area contributed by atoms with Crippen molar-refractivity contribution in [2.24, 2.45) is 0 Å². The highest BCUT2D eigenvalue weighted by molar-refractivity contribution is 7.89. The Morgan fingerprint density at radius 2 is 1.96 bits per heavy atom. The molecule has 27 heavy (non-hydrogen) atoms. The van der Waals surface area contributed by atoms with E-state index in [1.54, 1.807) is 31.2 Å². The second-order valence-corrected chi connectivity index (χ2v) is 8.22. The van der Waals surface area contributed by atoms with Crippen molar-refractivity contribution >= 4 is 21.4 Å². The van der Waals surface area contributed by atoms with Crippen LogP contribution in [-0.4, -0.2) is 31.3 Å². The van der Waals surface area contributed by atoms with Gasteiger partial charge >= 0.3 is 0 Å². The molecule has 0 aliphatic carbocycles. The maximum Gasteiger partial charge on any atom is 0.266 e. The standard InChI is InChI=1S/C18H19N3O4S2/c1-2-25-15-6-3-4-8-17(15)27(23,24)19-11-12-21-18(22)10-9-14(20-21)16-7-5-13-26-16/h3-10,13,19H,2,11-12H2,1H3. The Morgan fingerprint density at radius 3 is 2.70 bits per heavy atom. The van der Waals surface area contributed by atoms with E-state index >= 15 is 0 Å². The number of sulfonamides is 1. The van der Waals surface area contributed by atoms with Gasteiger partial charge in [-0.2, -0.15) is 5.10 Å². The summed E-state index contributed by atoms with van der Waals surface area (Å²) in [6.45, 7) is 2.30. The topological polar surface area (TPSA) is 90.3 Å². The summed E-state index contributed by atoms with van der Waals surface area (Å²) in [7, 11) is -3.77. The maximum atomic E-state index is 12.6. The summed E-state index contributed by atoms with van der Waals surface area (Å²) in [5.41, 5.74) is 0.387. The van der Waals surface area contributed by atoms with Gasteiger partial charge in [0.1, 0.15) is 16.3 Å². The number of thiophene rings is 1. The minimum atomic E-state index is -3.77. The summed E-state index contributed by atoms with van der Waals surface area (Å²) in [6, 6.07) is 13.3. The van der Waals surface area contributed by atoms with Crippen LogP contribution in [-0.2, 0) is 16.6 Å². The number of hydrogen-bond donors (Lipinski definition) is 1. The summed E-state index contributed by atoms with van der Waals surface area (Å²) < 4.78 is 34.3. The molecule has 0 fully saturated rings. The molecule has 142 valence electrons. The first-order valence-electron chi connectivity index (χ1n) is 8.35. The third-order valence-corrected chi connectivity index (χ3v) is 6.09. The minimum absolute atomic E-state index is 0.0313. The Kier molecular flexibility index (Phi) is 6.04. The molecule has 3 rings (SSSR count). The second kappa shape index (κ2) is 8.47. The van der Waals surface area contributed by atoms with Crippen molar-refractivity contribution in [2.75, 3.05) is 13.2 Å². The molecular formula is C18H19N3O4S2. The number of nitrogens with one attached hydrogen (secondary N) is 1. The average molecular weight is 406 g/mol. The van der Waals surface area contributed by atoms with Gasteiger partial charge in [-0.1, -0.05) is 18.2 Å². The largest absolute Gasteiger partial charge is 0.492 e. The van der Waals surface area contributed by atoms with Gasteiger partial charge in [0.2, 0.25) is 10.0 Å². The van der Waals surface area contributed by atoms with Gasteiger partial charge in [0.25, 0.3) is 5.56 Å². The molecule has 0 amide bonds. The van der Waals surface area contributed by atoms with Crippen LogP contribution in [0.2, 0.25) is 0 Å². The van der Waals surface area contributed by atoms with Gasteiger partial charge in [-0.3, -0.25) is 4.79 Å². The summed E-state index contributed by atoms with van der Waals surface area (Å²) in [6.07, 6.45) is 0. The van der Waals surface area contributed by atoms with Crippen LogP contribution in [0.3, 0.4) is 0 Å². The van der Waals surface area contributed by atoms with Gasteiger partial charge in [-0.25, -0.2) is 17.8 Å². The molecule has 0 radical (unpaired) electrons. The van der Waals surface area contributed by atoms with Crippen LogP contribution in [0.25, 0.3) is 10.6 Å². The molecule has 2 aromatic heterocycles. The lowest BCUT2D eigenvalue weighted by molar-refractivity contribution is 0.331. The highest BCUT2D eigenvalue weighted by Crippen LogP contribution is 2.23. The summed E-state index contributed by atoms with van der Waals surface area (Å²) >= 11 is 1.52. The summed E-state index contributed by atoms with van der Waals surface area (Å²) in [4.78, 5) is 13.0. The minimum Gasteiger partial charge on any atom is -0.492 e. The molecule has 0 aliphatic rings. The SMILES string of the molecule is CCOc1ccccc1S(=O)(=O)NCCn1nc(-c2cccs2)ccc1=O. The van der Waals surface area contributed by atoms with Gasteiger partial charge in [0.15, 0.2) is 0 Å². The molecule has 0 unspecified atom stereocenters. The zero-order valence-electron chi connectivity index (χ0n) is 14.7. The van der Waals surface area contributed by atoms with E-state index in [4.69, 9.17) is 4.74 Å². The molecule has 7 nitrogen and oxygen atoms in total. The molecule has 0 aliphatic heterocycles. The third kappa shape index (κ3) is 4.62. The molecule has 1 aromatic carbocycles. The average Bonchev–Trinajstić information content (AvgIpc) is 3.18. The van der Waals surface area contributed by atoms with Crippen molar-refractivity contribution in [3.63, 3.8) is 0 Å². The van der Waals surface area contributed by atoms with E-state index in [9.17, 15) is 13.2 Å². The van der Waals surface area contributed by atoms with Crippen molar-refractivity contribution in [1.82, 2.24) is 14.5 Å². The lowest BCUT2D eigenvalue weighted by Gasteiger charge is -2.12. The van der Waals surface area contributed by atoms with Crippen LogP contribution in [0, 0.1) is 0 Å². The molecule has 2 heterocycles. The molecule has 0 spiro atoms. The monoisotopic (exact) mass is 405 g/mol. The number of nitrogens with zero attached hydrogens (tertiary/aromatic N) is 2. The fraction of sp³-hybridized carbons (Fsp3) is 0.222. The Hall–Kier alpha value is -2.49. The van der Waals surface area contributed by atoms with Gasteiger partial charge in [-0.05, 0) is 36.6 Å². The van der Waals surface area contributed by atoms with E-state index in [2.05, 4.69) is 9.82 Å². The number of para-hydroxylation sites is 1. The zero-order chi connectivity index (χ0) is 19.3. The number of benzene rings is 1. The fourth-order valence-electron chi connectivity index (χ4n) is 2.48. The van der Waals surface area contributed by atoms with Gasteiger partial charge < -0.3 is 4.74 Å². The summed E-state index contributed by atoms with van der Waals surface area (Å²) in [5.74, 6) is 0.294. The highest BCUT2D eigenvalue weighted by Gasteiger charge is 2.18. The first-order valence-corrected chi connectivity index (χ1v) is 10.7. The Morgan fingerprint density at radius 1 is 1.15 bits per heavy atom. The van der Waals surface area contributed by atoms with E-state index in [1.165, 1.54) is 28.2 Å². The molecule has 0 saturated carbocycles. The lowest BCUT2D eigenvalue weighted by Crippen LogP contribution is -2.32. The van der Waals surface area contributed by atoms with Crippen LogP contribution in [0.5, 0.6) is 5.75 Å². The molecular weight excluding hydrogens is 386 g/mol. The molecule has 0 bridgehead atoms. The highest BCUT2D eigenvalue weighted by atomic mass is 32.2. The molecule has 0 saturated heterocycles. The van der Waals surface area contributed by atoms with Crippen LogP contribution < -0.4 is 15.0 Å². The van der Waals surface area contributed by atoms with Crippen molar-refractivity contribution < 1.29 is 13.2 Å². The van der Waals surface area contributed by atoms with Crippen molar-refractivity contribution in [3.8, 4) is 16.3 Å². The molecule has 9 heteroatoms. The van der Waals surface area contributed by atoms with Crippen molar-refractivity contribution in [2.45, 2.75) is 18.4 Å². The Labute approximate surface area is 161 Å². The lowest BCUT2D eigenvalue weighted by atomic mass is 10.3. The first-order chi connectivity index (χ1) is 13.0.